The summed E-state index contributed by atoms with van der Waals surface area (Å²) >= 11 is 0. The Morgan fingerprint density at radius 3 is 2.60 bits per heavy atom. The number of nitrogens with zero attached hydrogens (tertiary/aromatic N) is 1. The molecule has 1 saturated heterocycles. The van der Waals surface area contributed by atoms with E-state index >= 15 is 0 Å². The second kappa shape index (κ2) is 4.74. The van der Waals surface area contributed by atoms with Gasteiger partial charge < -0.3 is 5.73 Å². The Balaban J connectivity index is 2.22. The van der Waals surface area contributed by atoms with Crippen LogP contribution in [0.3, 0.4) is 0 Å². The summed E-state index contributed by atoms with van der Waals surface area (Å²) < 4.78 is 26.1. The van der Waals surface area contributed by atoms with E-state index in [1.54, 1.807) is 0 Å². The van der Waals surface area contributed by atoms with E-state index in [1.165, 1.54) is 0 Å². The molecule has 15 heavy (non-hydrogen) atoms. The number of piperidine rings is 1. The molecule has 1 rings (SSSR count). The maximum absolute atomic E-state index is 13.0. The van der Waals surface area contributed by atoms with Gasteiger partial charge in [-0.05, 0) is 46.2 Å². The molecule has 1 fully saturated rings. The Morgan fingerprint density at radius 1 is 1.40 bits per heavy atom. The third-order valence-electron chi connectivity index (χ3n) is 2.77. The first-order chi connectivity index (χ1) is 6.79. The predicted octanol–water partition coefficient (Wildman–Crippen LogP) is 2.24. The van der Waals surface area contributed by atoms with Gasteiger partial charge in [0, 0.05) is 12.0 Å². The van der Waals surface area contributed by atoms with Crippen molar-refractivity contribution in [3.05, 3.63) is 0 Å². The summed E-state index contributed by atoms with van der Waals surface area (Å²) in [5.41, 5.74) is 5.66. The molecule has 2 nitrogen and oxygen atoms in total. The molecule has 1 aliphatic rings. The first-order valence-electron chi connectivity index (χ1n) is 5.68. The Labute approximate surface area is 90.8 Å². The summed E-state index contributed by atoms with van der Waals surface area (Å²) in [5, 5.41) is 0. The van der Waals surface area contributed by atoms with Crippen molar-refractivity contribution in [2.45, 2.75) is 51.0 Å². The van der Waals surface area contributed by atoms with Crippen molar-refractivity contribution in [1.82, 2.24) is 4.90 Å². The monoisotopic (exact) mass is 220 g/mol. The molecule has 0 unspecified atom stereocenters. The van der Waals surface area contributed by atoms with E-state index in [9.17, 15) is 8.78 Å². The van der Waals surface area contributed by atoms with Gasteiger partial charge in [0.05, 0.1) is 6.54 Å². The molecule has 0 aromatic carbocycles. The molecule has 0 amide bonds. The van der Waals surface area contributed by atoms with Crippen molar-refractivity contribution in [2.24, 2.45) is 5.73 Å². The van der Waals surface area contributed by atoms with Gasteiger partial charge in [-0.2, -0.15) is 0 Å². The summed E-state index contributed by atoms with van der Waals surface area (Å²) in [6.07, 6.45) is 2.44. The first kappa shape index (κ1) is 12.8. The standard InChI is InChI=1S/C11H22F2N2/c1-10(2,14)5-3-7-15-8-4-6-11(12,13)9-15/h3-9,14H2,1-2H3. The highest BCUT2D eigenvalue weighted by molar-refractivity contribution is 4.79. The summed E-state index contributed by atoms with van der Waals surface area (Å²) in [6, 6.07) is 0. The number of hydrogen-bond acceptors (Lipinski definition) is 2. The number of halogens is 2. The van der Waals surface area contributed by atoms with E-state index in [-0.39, 0.29) is 18.5 Å². The second-order valence-electron chi connectivity index (χ2n) is 5.33. The van der Waals surface area contributed by atoms with E-state index < -0.39 is 5.92 Å². The molecule has 0 aromatic rings. The van der Waals surface area contributed by atoms with Crippen molar-refractivity contribution in [2.75, 3.05) is 19.6 Å². The SMILES string of the molecule is CC(C)(N)CCCN1CCCC(F)(F)C1. The van der Waals surface area contributed by atoms with Crippen LogP contribution in [0.1, 0.15) is 39.5 Å². The van der Waals surface area contributed by atoms with Crippen LogP contribution >= 0.6 is 0 Å². The minimum absolute atomic E-state index is 0.0475. The number of likely N-dealkylation sites (tertiary alicyclic amines) is 1. The molecule has 0 aliphatic carbocycles. The minimum Gasteiger partial charge on any atom is -0.326 e. The average molecular weight is 220 g/mol. The Kier molecular flexibility index (Phi) is 4.06. The zero-order valence-corrected chi connectivity index (χ0v) is 9.73. The third-order valence-corrected chi connectivity index (χ3v) is 2.77. The van der Waals surface area contributed by atoms with E-state index in [1.807, 2.05) is 18.7 Å². The fraction of sp³-hybridized carbons (Fsp3) is 1.00. The third kappa shape index (κ3) is 5.42. The lowest BCUT2D eigenvalue weighted by molar-refractivity contribution is -0.0642. The molecule has 0 radical (unpaired) electrons. The molecular formula is C11H22F2N2. The highest BCUT2D eigenvalue weighted by Crippen LogP contribution is 2.26. The van der Waals surface area contributed by atoms with Gasteiger partial charge in [0.1, 0.15) is 0 Å². The van der Waals surface area contributed by atoms with E-state index in [0.717, 1.165) is 25.9 Å². The van der Waals surface area contributed by atoms with Crippen LogP contribution in [0.15, 0.2) is 0 Å². The van der Waals surface area contributed by atoms with Gasteiger partial charge in [-0.3, -0.25) is 4.90 Å². The van der Waals surface area contributed by atoms with Gasteiger partial charge in [0.25, 0.3) is 5.92 Å². The number of rotatable bonds is 4. The molecule has 2 N–H and O–H groups in total. The van der Waals surface area contributed by atoms with Crippen LogP contribution in [0.5, 0.6) is 0 Å². The Bertz CT molecular complexity index is 199. The van der Waals surface area contributed by atoms with Crippen LogP contribution in [-0.2, 0) is 0 Å². The van der Waals surface area contributed by atoms with Crippen LogP contribution in [-0.4, -0.2) is 36.0 Å². The topological polar surface area (TPSA) is 29.3 Å². The van der Waals surface area contributed by atoms with Crippen molar-refractivity contribution in [1.29, 1.82) is 0 Å². The molecule has 0 saturated carbocycles. The van der Waals surface area contributed by atoms with Crippen LogP contribution in [0, 0.1) is 0 Å². The highest BCUT2D eigenvalue weighted by atomic mass is 19.3. The summed E-state index contributed by atoms with van der Waals surface area (Å²) in [6.45, 7) is 5.42. The maximum Gasteiger partial charge on any atom is 0.260 e. The maximum atomic E-state index is 13.0. The summed E-state index contributed by atoms with van der Waals surface area (Å²) in [5.74, 6) is -2.48. The molecule has 4 heteroatoms. The lowest BCUT2D eigenvalue weighted by Crippen LogP contribution is -2.43. The lowest BCUT2D eigenvalue weighted by Gasteiger charge is -2.32. The largest absolute Gasteiger partial charge is 0.326 e. The summed E-state index contributed by atoms with van der Waals surface area (Å²) in [4.78, 5) is 1.86. The summed E-state index contributed by atoms with van der Waals surface area (Å²) in [7, 11) is 0. The molecular weight excluding hydrogens is 198 g/mol. The van der Waals surface area contributed by atoms with E-state index in [0.29, 0.717) is 6.42 Å². The van der Waals surface area contributed by atoms with Crippen molar-refractivity contribution in [3.63, 3.8) is 0 Å². The van der Waals surface area contributed by atoms with Crippen LogP contribution < -0.4 is 5.73 Å². The van der Waals surface area contributed by atoms with Gasteiger partial charge in [0.2, 0.25) is 0 Å². The zero-order valence-electron chi connectivity index (χ0n) is 9.73. The van der Waals surface area contributed by atoms with Gasteiger partial charge in [0.15, 0.2) is 0 Å². The zero-order chi connectivity index (χ0) is 11.5. The average Bonchev–Trinajstić information content (AvgIpc) is 1.99. The molecule has 1 heterocycles. The normalized spacial score (nSPS) is 23.0. The predicted molar refractivity (Wildman–Crippen MR) is 58.1 cm³/mol. The van der Waals surface area contributed by atoms with Crippen LogP contribution in [0.2, 0.25) is 0 Å². The fourth-order valence-electron chi connectivity index (χ4n) is 2.00. The van der Waals surface area contributed by atoms with Crippen molar-refractivity contribution < 1.29 is 8.78 Å². The number of alkyl halides is 2. The minimum atomic E-state index is -2.48. The number of nitrogens with two attached hydrogens (primary N) is 1. The van der Waals surface area contributed by atoms with Crippen LogP contribution in [0.4, 0.5) is 8.78 Å². The van der Waals surface area contributed by atoms with Gasteiger partial charge in [-0.15, -0.1) is 0 Å². The van der Waals surface area contributed by atoms with Gasteiger partial charge >= 0.3 is 0 Å². The fourth-order valence-corrected chi connectivity index (χ4v) is 2.00. The van der Waals surface area contributed by atoms with E-state index in [2.05, 4.69) is 0 Å². The Morgan fingerprint density at radius 2 is 2.07 bits per heavy atom. The Hall–Kier alpha value is -0.220. The van der Waals surface area contributed by atoms with E-state index in [4.69, 9.17) is 5.73 Å². The van der Waals surface area contributed by atoms with Crippen LogP contribution in [0.25, 0.3) is 0 Å². The van der Waals surface area contributed by atoms with Gasteiger partial charge in [-0.1, -0.05) is 0 Å². The quantitative estimate of drug-likeness (QED) is 0.787. The van der Waals surface area contributed by atoms with Crippen molar-refractivity contribution >= 4 is 0 Å². The first-order valence-corrected chi connectivity index (χ1v) is 5.68. The molecule has 1 aliphatic heterocycles. The van der Waals surface area contributed by atoms with Crippen molar-refractivity contribution in [3.8, 4) is 0 Å². The number of hydrogen-bond donors (Lipinski definition) is 1. The molecule has 0 atom stereocenters. The smallest absolute Gasteiger partial charge is 0.260 e. The molecule has 0 bridgehead atoms. The molecule has 90 valence electrons. The van der Waals surface area contributed by atoms with Gasteiger partial charge in [-0.25, -0.2) is 8.78 Å². The molecule has 0 spiro atoms. The lowest BCUT2D eigenvalue weighted by atomic mass is 9.99. The second-order valence-corrected chi connectivity index (χ2v) is 5.33. The molecule has 0 aromatic heterocycles. The highest BCUT2D eigenvalue weighted by Gasteiger charge is 2.34.